The minimum absolute atomic E-state index is 0.0824. The maximum absolute atomic E-state index is 13.5. The predicted molar refractivity (Wildman–Crippen MR) is 211 cm³/mol. The summed E-state index contributed by atoms with van der Waals surface area (Å²) in [4.78, 5) is 49.9. The van der Waals surface area contributed by atoms with Crippen molar-refractivity contribution < 1.29 is 83.3 Å². The van der Waals surface area contributed by atoms with E-state index in [1.54, 1.807) is 0 Å². The zero-order valence-electron chi connectivity index (χ0n) is 35.4. The van der Waals surface area contributed by atoms with Crippen LogP contribution >= 0.6 is 0 Å². The van der Waals surface area contributed by atoms with Crippen LogP contribution in [0.5, 0.6) is 0 Å². The first-order chi connectivity index (χ1) is 28.7. The Morgan fingerprint density at radius 1 is 0.517 bits per heavy atom. The van der Waals surface area contributed by atoms with Crippen LogP contribution in [0.3, 0.4) is 0 Å². The second-order valence-electron chi connectivity index (χ2n) is 16.1. The first-order valence-electron chi connectivity index (χ1n) is 21.3. The first-order valence-corrected chi connectivity index (χ1v) is 21.3. The van der Waals surface area contributed by atoms with Gasteiger partial charge in [-0.05, 0) is 6.42 Å². The lowest BCUT2D eigenvalue weighted by molar-refractivity contribution is -0.249. The average molecular weight is 866 g/mol. The van der Waals surface area contributed by atoms with Crippen molar-refractivity contribution in [3.8, 4) is 0 Å². The van der Waals surface area contributed by atoms with Crippen LogP contribution < -0.4 is 16.0 Å². The summed E-state index contributed by atoms with van der Waals surface area (Å²) in [5, 5.41) is 80.7. The summed E-state index contributed by atoms with van der Waals surface area (Å²) in [6, 6.07) is -3.40. The fraction of sp³-hybridized carbons (Fsp3) is 0.900. The van der Waals surface area contributed by atoms with E-state index in [0.717, 1.165) is 25.7 Å². The highest BCUT2D eigenvalue weighted by Gasteiger charge is 2.50. The van der Waals surface area contributed by atoms with Gasteiger partial charge in [0.05, 0.1) is 82.6 Å². The number of esters is 1. The van der Waals surface area contributed by atoms with E-state index in [2.05, 4.69) is 22.9 Å². The van der Waals surface area contributed by atoms with E-state index in [1.165, 1.54) is 46.5 Å². The Kier molecular flexibility index (Phi) is 23.1. The maximum Gasteiger partial charge on any atom is 0.306 e. The molecule has 3 aliphatic heterocycles. The molecule has 60 heavy (non-hydrogen) atoms. The molecule has 3 amide bonds. The van der Waals surface area contributed by atoms with Gasteiger partial charge in [-0.2, -0.15) is 0 Å². The van der Waals surface area contributed by atoms with Crippen molar-refractivity contribution in [3.63, 3.8) is 0 Å². The number of unbranched alkanes of at least 4 members (excludes halogenated alkanes) is 8. The molecular weight excluding hydrogens is 794 g/mol. The Hall–Kier alpha value is -2.60. The Balaban J connectivity index is 1.81. The van der Waals surface area contributed by atoms with Gasteiger partial charge in [-0.25, -0.2) is 0 Å². The Morgan fingerprint density at radius 2 is 0.983 bits per heavy atom. The molecule has 3 aliphatic rings. The molecule has 3 saturated heterocycles. The number of rotatable bonds is 25. The minimum Gasteiger partial charge on any atom is -0.460 e. The molecule has 10 N–H and O–H groups in total. The van der Waals surface area contributed by atoms with E-state index in [0.29, 0.717) is 6.42 Å². The van der Waals surface area contributed by atoms with Gasteiger partial charge in [0, 0.05) is 33.1 Å². The SMILES string of the molecule is CCCCCCCCCCCC(=O)O[C@@H]1C(NC(C)=O)[C@H](COC[C@@H]2C(CO)O[C@@H](O)C(NC(C)=O)[C@H]2O)OC(CO)[C@H]1COC[C@@H]1OC(CO)[C@@H](O)[C@H](O)C1NC(C)=O. The third kappa shape index (κ3) is 15.6. The number of hydrogen-bond donors (Lipinski definition) is 10. The van der Waals surface area contributed by atoms with E-state index in [1.807, 2.05) is 0 Å². The predicted octanol–water partition coefficient (Wildman–Crippen LogP) is -2.09. The highest BCUT2D eigenvalue weighted by atomic mass is 16.6. The van der Waals surface area contributed by atoms with Crippen molar-refractivity contribution in [2.75, 3.05) is 46.2 Å². The van der Waals surface area contributed by atoms with Crippen LogP contribution in [0.15, 0.2) is 0 Å². The molecule has 3 heterocycles. The first kappa shape index (κ1) is 51.7. The van der Waals surface area contributed by atoms with Crippen LogP contribution in [0.2, 0.25) is 0 Å². The lowest BCUT2D eigenvalue weighted by Crippen LogP contribution is -2.66. The van der Waals surface area contributed by atoms with Gasteiger partial charge < -0.3 is 80.1 Å². The monoisotopic (exact) mass is 865 g/mol. The number of carbonyl (C=O) groups excluding carboxylic acids is 4. The lowest BCUT2D eigenvalue weighted by Gasteiger charge is -2.47. The van der Waals surface area contributed by atoms with Crippen molar-refractivity contribution in [2.24, 2.45) is 11.8 Å². The molecular formula is C40H71N3O17. The number of ether oxygens (including phenoxy) is 6. The van der Waals surface area contributed by atoms with Crippen LogP contribution in [0.4, 0.5) is 0 Å². The summed E-state index contributed by atoms with van der Waals surface area (Å²) in [6.45, 7) is 2.95. The van der Waals surface area contributed by atoms with Gasteiger partial charge in [0.25, 0.3) is 0 Å². The average Bonchev–Trinajstić information content (AvgIpc) is 3.20. The molecule has 0 aromatic heterocycles. The summed E-state index contributed by atoms with van der Waals surface area (Å²) in [5.41, 5.74) is 0. The van der Waals surface area contributed by atoms with Crippen LogP contribution in [0.1, 0.15) is 91.9 Å². The summed E-state index contributed by atoms with van der Waals surface area (Å²) in [5.74, 6) is -3.96. The highest BCUT2D eigenvalue weighted by molar-refractivity contribution is 5.74. The molecule has 0 saturated carbocycles. The Labute approximate surface area is 351 Å². The number of aliphatic hydroxyl groups is 7. The third-order valence-electron chi connectivity index (χ3n) is 11.3. The molecule has 0 aliphatic carbocycles. The minimum atomic E-state index is -1.60. The smallest absolute Gasteiger partial charge is 0.306 e. The molecule has 0 aromatic rings. The lowest BCUT2D eigenvalue weighted by atomic mass is 9.85. The number of aliphatic hydroxyl groups excluding tert-OH is 7. The van der Waals surface area contributed by atoms with Crippen molar-refractivity contribution in [1.82, 2.24) is 16.0 Å². The second-order valence-corrected chi connectivity index (χ2v) is 16.1. The molecule has 0 aromatic carbocycles. The summed E-state index contributed by atoms with van der Waals surface area (Å²) >= 11 is 0. The molecule has 20 nitrogen and oxygen atoms in total. The molecule has 20 heteroatoms. The van der Waals surface area contributed by atoms with Gasteiger partial charge in [0.1, 0.15) is 42.7 Å². The highest BCUT2D eigenvalue weighted by Crippen LogP contribution is 2.32. The molecule has 15 atom stereocenters. The van der Waals surface area contributed by atoms with E-state index >= 15 is 0 Å². The van der Waals surface area contributed by atoms with Crippen molar-refractivity contribution in [1.29, 1.82) is 0 Å². The molecule has 0 radical (unpaired) electrons. The van der Waals surface area contributed by atoms with Crippen LogP contribution in [0.25, 0.3) is 0 Å². The zero-order valence-corrected chi connectivity index (χ0v) is 35.4. The van der Waals surface area contributed by atoms with E-state index < -0.39 is 135 Å². The third-order valence-corrected chi connectivity index (χ3v) is 11.3. The normalized spacial score (nSPS) is 34.4. The molecule has 348 valence electrons. The number of nitrogens with one attached hydrogen (secondary N) is 3. The molecule has 3 rings (SSSR count). The fourth-order valence-electron chi connectivity index (χ4n) is 8.17. The van der Waals surface area contributed by atoms with Gasteiger partial charge in [0.15, 0.2) is 6.29 Å². The molecule has 3 fully saturated rings. The van der Waals surface area contributed by atoms with Gasteiger partial charge in [-0.1, -0.05) is 58.3 Å². The quantitative estimate of drug-likeness (QED) is 0.0348. The summed E-state index contributed by atoms with van der Waals surface area (Å²) < 4.78 is 35.7. The molecule has 0 spiro atoms. The number of hydrogen-bond acceptors (Lipinski definition) is 17. The summed E-state index contributed by atoms with van der Waals surface area (Å²) in [7, 11) is 0. The Bertz CT molecular complexity index is 1300. The number of carbonyl (C=O) groups is 4. The van der Waals surface area contributed by atoms with E-state index in [4.69, 9.17) is 28.4 Å². The van der Waals surface area contributed by atoms with Crippen molar-refractivity contribution in [3.05, 3.63) is 0 Å². The molecule has 6 unspecified atom stereocenters. The maximum atomic E-state index is 13.5. The summed E-state index contributed by atoms with van der Waals surface area (Å²) in [6.07, 6.45) is -3.21. The van der Waals surface area contributed by atoms with Gasteiger partial charge >= 0.3 is 5.97 Å². The van der Waals surface area contributed by atoms with E-state index in [9.17, 15) is 54.9 Å². The van der Waals surface area contributed by atoms with Crippen molar-refractivity contribution >= 4 is 23.7 Å². The van der Waals surface area contributed by atoms with E-state index in [-0.39, 0.29) is 32.8 Å². The fourth-order valence-corrected chi connectivity index (χ4v) is 8.17. The van der Waals surface area contributed by atoms with Crippen LogP contribution in [-0.2, 0) is 47.6 Å². The second kappa shape index (κ2) is 26.8. The number of amides is 3. The zero-order chi connectivity index (χ0) is 44.4. The van der Waals surface area contributed by atoms with Gasteiger partial charge in [-0.15, -0.1) is 0 Å². The van der Waals surface area contributed by atoms with Crippen LogP contribution in [-0.4, -0.2) is 185 Å². The van der Waals surface area contributed by atoms with Crippen LogP contribution in [0, 0.1) is 11.8 Å². The van der Waals surface area contributed by atoms with Gasteiger partial charge in [0.2, 0.25) is 17.7 Å². The van der Waals surface area contributed by atoms with Gasteiger partial charge in [-0.3, -0.25) is 19.2 Å². The largest absolute Gasteiger partial charge is 0.460 e. The van der Waals surface area contributed by atoms with Crippen molar-refractivity contribution in [2.45, 2.75) is 171 Å². The molecule has 0 bridgehead atoms. The Morgan fingerprint density at radius 3 is 1.53 bits per heavy atom. The topological polar surface area (TPSA) is 301 Å². The standard InChI is InChI=1S/C40H71N3O17/c1-5-6-7-8-9-10-11-12-13-14-32(50)60-39-26(19-56-20-30-33(41-22(2)47)38(53)37(52)29(17-46)58-30)28(16-45)57-31(34(39)42-23(3)48)21-55-18-25-27(15-44)59-40(54)35(36(25)51)43-24(4)49/h25-31,33-40,44-46,51-54H,5-21H2,1-4H3,(H,41,47)(H,42,48)(H,43,49)/t25-,26-,27?,28?,29?,30+,31+,33?,34?,35?,36+,37-,38-,39+,40-/m1/s1.